The van der Waals surface area contributed by atoms with Gasteiger partial charge in [-0.2, -0.15) is 5.10 Å². The van der Waals surface area contributed by atoms with Crippen LogP contribution < -0.4 is 20.2 Å². The Hall–Kier alpha value is -3.35. The number of benzene rings is 2. The Morgan fingerprint density at radius 3 is 2.76 bits per heavy atom. The van der Waals surface area contributed by atoms with E-state index in [-0.39, 0.29) is 13.3 Å². The number of hydrogen-bond donors (Lipinski definition) is 2. The highest BCUT2D eigenvalue weighted by Crippen LogP contribution is 2.32. The zero-order valence-corrected chi connectivity index (χ0v) is 13.6. The number of hydrazone groups is 1. The molecular weight excluding hydrogens is 322 g/mol. The third-order valence-electron chi connectivity index (χ3n) is 3.65. The van der Waals surface area contributed by atoms with E-state index in [0.29, 0.717) is 11.5 Å². The fourth-order valence-corrected chi connectivity index (χ4v) is 2.26. The van der Waals surface area contributed by atoms with E-state index >= 15 is 0 Å². The van der Waals surface area contributed by atoms with Crippen molar-refractivity contribution in [2.45, 2.75) is 13.5 Å². The quantitative estimate of drug-likeness (QED) is 0.502. The Balaban J connectivity index is 1.49. The van der Waals surface area contributed by atoms with Crippen molar-refractivity contribution in [1.29, 1.82) is 0 Å². The van der Waals surface area contributed by atoms with E-state index in [9.17, 15) is 9.59 Å². The zero-order chi connectivity index (χ0) is 17.6. The van der Waals surface area contributed by atoms with Crippen molar-refractivity contribution in [3.05, 3.63) is 59.2 Å². The van der Waals surface area contributed by atoms with Crippen LogP contribution in [0.15, 0.2) is 47.6 Å². The van der Waals surface area contributed by atoms with Crippen LogP contribution in [-0.4, -0.2) is 24.8 Å². The lowest BCUT2D eigenvalue weighted by Gasteiger charge is -2.05. The lowest BCUT2D eigenvalue weighted by Crippen LogP contribution is -2.37. The van der Waals surface area contributed by atoms with Crippen LogP contribution in [-0.2, 0) is 16.1 Å². The average molecular weight is 339 g/mol. The molecule has 25 heavy (non-hydrogen) atoms. The Bertz CT molecular complexity index is 833. The number of ether oxygens (including phenoxy) is 2. The number of hydrogen-bond acceptors (Lipinski definition) is 5. The molecule has 2 N–H and O–H groups in total. The Kier molecular flexibility index (Phi) is 4.94. The minimum atomic E-state index is -0.828. The number of aryl methyl sites for hydroxylation is 1. The van der Waals surface area contributed by atoms with E-state index in [0.717, 1.165) is 16.7 Å². The van der Waals surface area contributed by atoms with E-state index < -0.39 is 11.8 Å². The monoisotopic (exact) mass is 339 g/mol. The smallest absolute Gasteiger partial charge is 0.329 e. The summed E-state index contributed by atoms with van der Waals surface area (Å²) in [7, 11) is 0. The van der Waals surface area contributed by atoms with Crippen LogP contribution in [0, 0.1) is 6.92 Å². The van der Waals surface area contributed by atoms with Gasteiger partial charge in [0.2, 0.25) is 6.79 Å². The first kappa shape index (κ1) is 16.5. The van der Waals surface area contributed by atoms with E-state index in [2.05, 4.69) is 15.8 Å². The van der Waals surface area contributed by atoms with Gasteiger partial charge < -0.3 is 14.8 Å². The van der Waals surface area contributed by atoms with E-state index in [4.69, 9.17) is 9.47 Å². The Morgan fingerprint density at radius 1 is 1.12 bits per heavy atom. The normalized spacial score (nSPS) is 12.2. The Morgan fingerprint density at radius 2 is 1.92 bits per heavy atom. The molecule has 0 fully saturated rings. The lowest BCUT2D eigenvalue weighted by atomic mass is 10.1. The van der Waals surface area contributed by atoms with Gasteiger partial charge in [0.15, 0.2) is 11.5 Å². The summed E-state index contributed by atoms with van der Waals surface area (Å²) in [6.07, 6.45) is 1.50. The number of fused-ring (bicyclic) bond motifs is 1. The summed E-state index contributed by atoms with van der Waals surface area (Å²) in [5, 5.41) is 6.33. The van der Waals surface area contributed by atoms with Gasteiger partial charge in [-0.25, -0.2) is 5.43 Å². The summed E-state index contributed by atoms with van der Waals surface area (Å²) in [5.74, 6) is -0.303. The number of nitrogens with zero attached hydrogens (tertiary/aromatic N) is 1. The minimum Gasteiger partial charge on any atom is -0.454 e. The van der Waals surface area contributed by atoms with Crippen molar-refractivity contribution >= 4 is 18.0 Å². The number of rotatable bonds is 4. The molecule has 128 valence electrons. The van der Waals surface area contributed by atoms with Gasteiger partial charge in [-0.05, 0) is 35.7 Å². The third kappa shape index (κ3) is 4.14. The molecule has 2 amide bonds. The predicted molar refractivity (Wildman–Crippen MR) is 91.3 cm³/mol. The molecule has 0 spiro atoms. The van der Waals surface area contributed by atoms with Crippen molar-refractivity contribution in [3.8, 4) is 11.5 Å². The van der Waals surface area contributed by atoms with Crippen molar-refractivity contribution < 1.29 is 19.1 Å². The molecule has 0 atom stereocenters. The lowest BCUT2D eigenvalue weighted by molar-refractivity contribution is -0.139. The first-order valence-corrected chi connectivity index (χ1v) is 7.69. The van der Waals surface area contributed by atoms with Crippen molar-refractivity contribution in [3.63, 3.8) is 0 Å². The van der Waals surface area contributed by atoms with Crippen molar-refractivity contribution in [2.75, 3.05) is 6.79 Å². The molecule has 7 nitrogen and oxygen atoms in total. The van der Waals surface area contributed by atoms with Crippen molar-refractivity contribution in [1.82, 2.24) is 10.7 Å². The molecule has 2 aromatic rings. The summed E-state index contributed by atoms with van der Waals surface area (Å²) in [6, 6.07) is 12.9. The average Bonchev–Trinajstić information content (AvgIpc) is 3.09. The first-order chi connectivity index (χ1) is 12.1. The van der Waals surface area contributed by atoms with Gasteiger partial charge in [0.05, 0.1) is 6.21 Å². The zero-order valence-electron chi connectivity index (χ0n) is 13.6. The van der Waals surface area contributed by atoms with Gasteiger partial charge >= 0.3 is 11.8 Å². The van der Waals surface area contributed by atoms with Gasteiger partial charge in [-0.3, -0.25) is 9.59 Å². The van der Waals surface area contributed by atoms with Crippen LogP contribution in [0.5, 0.6) is 11.5 Å². The first-order valence-electron chi connectivity index (χ1n) is 7.69. The van der Waals surface area contributed by atoms with Gasteiger partial charge in [0, 0.05) is 6.54 Å². The van der Waals surface area contributed by atoms with E-state index in [1.807, 2.05) is 31.2 Å². The summed E-state index contributed by atoms with van der Waals surface area (Å²) in [4.78, 5) is 23.6. The number of nitrogens with one attached hydrogen (secondary N) is 2. The molecule has 1 heterocycles. The minimum absolute atomic E-state index is 0.187. The second kappa shape index (κ2) is 7.48. The molecule has 3 rings (SSSR count). The molecule has 7 heteroatoms. The molecule has 0 unspecified atom stereocenters. The van der Waals surface area contributed by atoms with Crippen LogP contribution in [0.4, 0.5) is 0 Å². The molecule has 1 aliphatic heterocycles. The number of carbonyl (C=O) groups excluding carboxylic acids is 2. The largest absolute Gasteiger partial charge is 0.454 e. The molecular formula is C18H17N3O4. The summed E-state index contributed by atoms with van der Waals surface area (Å²) >= 11 is 0. The van der Waals surface area contributed by atoms with Gasteiger partial charge in [-0.15, -0.1) is 0 Å². The summed E-state index contributed by atoms with van der Waals surface area (Å²) < 4.78 is 10.5. The molecule has 0 bridgehead atoms. The third-order valence-corrected chi connectivity index (χ3v) is 3.65. The molecule has 2 aromatic carbocycles. The SMILES string of the molecule is Cc1ccccc1/C=N\NC(=O)C(=O)NCc1ccc2c(c1)OCO2. The fraction of sp³-hybridized carbons (Fsp3) is 0.167. The topological polar surface area (TPSA) is 89.0 Å². The summed E-state index contributed by atoms with van der Waals surface area (Å²) in [5.41, 5.74) is 4.90. The van der Waals surface area contributed by atoms with Crippen LogP contribution in [0.2, 0.25) is 0 Å². The van der Waals surface area contributed by atoms with Gasteiger partial charge in [-0.1, -0.05) is 30.3 Å². The Labute approximate surface area is 144 Å². The van der Waals surface area contributed by atoms with Crippen LogP contribution in [0.1, 0.15) is 16.7 Å². The molecule has 1 aliphatic rings. The molecule has 0 saturated carbocycles. The molecule has 0 saturated heterocycles. The highest BCUT2D eigenvalue weighted by molar-refractivity contribution is 6.35. The van der Waals surface area contributed by atoms with E-state index in [1.54, 1.807) is 18.2 Å². The standard InChI is InChI=1S/C18H17N3O4/c1-12-4-2-3-5-14(12)10-20-21-18(23)17(22)19-9-13-6-7-15-16(8-13)25-11-24-15/h2-8,10H,9,11H2,1H3,(H,19,22)(H,21,23)/b20-10-. The molecule has 0 aromatic heterocycles. The van der Waals surface area contributed by atoms with Crippen LogP contribution >= 0.6 is 0 Å². The highest BCUT2D eigenvalue weighted by Gasteiger charge is 2.15. The number of amides is 2. The maximum absolute atomic E-state index is 11.8. The maximum Gasteiger partial charge on any atom is 0.329 e. The predicted octanol–water partition coefficient (Wildman–Crippen LogP) is 1.49. The second-order valence-corrected chi connectivity index (χ2v) is 5.43. The van der Waals surface area contributed by atoms with Crippen molar-refractivity contribution in [2.24, 2.45) is 5.10 Å². The highest BCUT2D eigenvalue weighted by atomic mass is 16.7. The molecule has 0 radical (unpaired) electrons. The van der Waals surface area contributed by atoms with Gasteiger partial charge in [0.1, 0.15) is 0 Å². The van der Waals surface area contributed by atoms with Crippen LogP contribution in [0.3, 0.4) is 0 Å². The van der Waals surface area contributed by atoms with Crippen LogP contribution in [0.25, 0.3) is 0 Å². The maximum atomic E-state index is 11.8. The second-order valence-electron chi connectivity index (χ2n) is 5.43. The number of carbonyl (C=O) groups is 2. The summed E-state index contributed by atoms with van der Waals surface area (Å²) in [6.45, 7) is 2.32. The molecule has 0 aliphatic carbocycles. The van der Waals surface area contributed by atoms with E-state index in [1.165, 1.54) is 6.21 Å². The fourth-order valence-electron chi connectivity index (χ4n) is 2.26. The van der Waals surface area contributed by atoms with Gasteiger partial charge in [0.25, 0.3) is 0 Å².